The van der Waals surface area contributed by atoms with Gasteiger partial charge in [-0.15, -0.1) is 0 Å². The molecule has 128 valence electrons. The van der Waals surface area contributed by atoms with Crippen LogP contribution in [0.2, 0.25) is 0 Å². The van der Waals surface area contributed by atoms with Crippen molar-refractivity contribution >= 4 is 23.8 Å². The number of aromatic amines is 1. The largest absolute Gasteiger partial charge is 0.508 e. The molecule has 0 fully saturated rings. The normalized spacial score (nSPS) is 17.3. The van der Waals surface area contributed by atoms with Crippen LogP contribution in [0.4, 0.5) is 0 Å². The summed E-state index contributed by atoms with van der Waals surface area (Å²) < 4.78 is 0. The third kappa shape index (κ3) is 3.92. The first-order valence-corrected chi connectivity index (χ1v) is 7.58. The Morgan fingerprint density at radius 3 is 2.68 bits per heavy atom. The number of H-pyrrole nitrogens is 1. The van der Waals surface area contributed by atoms with Crippen LogP contribution in [0.15, 0.2) is 47.9 Å². The molecule has 8 heteroatoms. The Labute approximate surface area is 143 Å². The van der Waals surface area contributed by atoms with Gasteiger partial charge in [-0.05, 0) is 29.8 Å². The number of nitrogens with one attached hydrogen (secondary N) is 1. The number of benzene rings is 1. The van der Waals surface area contributed by atoms with Crippen LogP contribution in [-0.4, -0.2) is 55.4 Å². The van der Waals surface area contributed by atoms with E-state index < -0.39 is 18.6 Å². The molecule has 0 saturated heterocycles. The summed E-state index contributed by atoms with van der Waals surface area (Å²) in [6, 6.07) is 5.79. The predicted octanol–water partition coefficient (Wildman–Crippen LogP) is 1.07. The first-order valence-electron chi connectivity index (χ1n) is 7.58. The van der Waals surface area contributed by atoms with Crippen molar-refractivity contribution in [1.29, 1.82) is 0 Å². The highest BCUT2D eigenvalue weighted by atomic mass is 16.4. The number of amidine groups is 1. The number of carboxylic acids is 1. The zero-order valence-electron chi connectivity index (χ0n) is 13.2. The Morgan fingerprint density at radius 2 is 2.04 bits per heavy atom. The maximum Gasteiger partial charge on any atom is 0.323 e. The third-order valence-electron chi connectivity index (χ3n) is 3.71. The van der Waals surface area contributed by atoms with Crippen LogP contribution in [0.1, 0.15) is 11.3 Å². The minimum Gasteiger partial charge on any atom is -0.508 e. The van der Waals surface area contributed by atoms with Gasteiger partial charge in [0.2, 0.25) is 0 Å². The summed E-state index contributed by atoms with van der Waals surface area (Å²) in [4.78, 5) is 35.9. The van der Waals surface area contributed by atoms with Gasteiger partial charge in [-0.25, -0.2) is 4.98 Å². The number of carbonyl (C=O) groups excluding carboxylic acids is 1. The second-order valence-corrected chi connectivity index (χ2v) is 5.53. The number of hydrogen-bond acceptors (Lipinski definition) is 5. The first-order chi connectivity index (χ1) is 12.0. The fraction of sp³-hybridized carbons (Fsp3) is 0.176. The molecule has 0 spiro atoms. The number of carboxylic acid groups (broad SMARTS) is 1. The predicted molar refractivity (Wildman–Crippen MR) is 90.0 cm³/mol. The van der Waals surface area contributed by atoms with Crippen molar-refractivity contribution in [2.75, 3.05) is 6.54 Å². The van der Waals surface area contributed by atoms with E-state index in [0.717, 1.165) is 10.5 Å². The molecular formula is C17H16N4O4. The lowest BCUT2D eigenvalue weighted by Gasteiger charge is -2.15. The number of phenolic OH excluding ortho intramolecular Hbond substituents is 1. The molecule has 8 nitrogen and oxygen atoms in total. The van der Waals surface area contributed by atoms with E-state index in [2.05, 4.69) is 15.0 Å². The fourth-order valence-electron chi connectivity index (χ4n) is 2.51. The number of amides is 1. The molecule has 0 aliphatic carbocycles. The fourth-order valence-corrected chi connectivity index (χ4v) is 2.51. The summed E-state index contributed by atoms with van der Waals surface area (Å²) in [5, 5.41) is 18.4. The molecule has 0 saturated carbocycles. The lowest BCUT2D eigenvalue weighted by Crippen LogP contribution is -2.38. The molecule has 1 aliphatic heterocycles. The number of imidazole rings is 1. The minimum atomic E-state index is -1.11. The van der Waals surface area contributed by atoms with E-state index in [1.807, 2.05) is 0 Å². The van der Waals surface area contributed by atoms with Crippen molar-refractivity contribution in [2.45, 2.75) is 12.5 Å². The van der Waals surface area contributed by atoms with Crippen molar-refractivity contribution in [3.8, 4) is 5.75 Å². The van der Waals surface area contributed by atoms with Gasteiger partial charge in [0.1, 0.15) is 24.2 Å². The average molecular weight is 340 g/mol. The maximum absolute atomic E-state index is 12.5. The number of carbonyl (C=O) groups is 2. The molecule has 1 unspecified atom stereocenters. The maximum atomic E-state index is 12.5. The highest BCUT2D eigenvalue weighted by molar-refractivity contribution is 6.13. The van der Waals surface area contributed by atoms with Gasteiger partial charge in [0.15, 0.2) is 0 Å². The molecule has 2 aromatic rings. The van der Waals surface area contributed by atoms with E-state index >= 15 is 0 Å². The van der Waals surface area contributed by atoms with Gasteiger partial charge in [0, 0.05) is 6.42 Å². The van der Waals surface area contributed by atoms with Crippen molar-refractivity contribution in [3.05, 3.63) is 54.1 Å². The summed E-state index contributed by atoms with van der Waals surface area (Å²) in [7, 11) is 0. The molecule has 1 aliphatic rings. The molecule has 3 N–H and O–H groups in total. The highest BCUT2D eigenvalue weighted by Gasteiger charge is 2.34. The molecule has 1 atom stereocenters. The lowest BCUT2D eigenvalue weighted by atomic mass is 10.1. The lowest BCUT2D eigenvalue weighted by molar-refractivity contribution is -0.141. The second-order valence-electron chi connectivity index (χ2n) is 5.53. The average Bonchev–Trinajstić information content (AvgIpc) is 3.18. The number of aliphatic imine (C=N–C) groups is 1. The standard InChI is InChI=1S/C17H16N4O4/c22-13-4-1-11(2-5-13)7-14-17(25)21(9-16(23)24)15(20-14)6-3-12-8-18-10-19-12/h1-6,8,10,14,22H,7,9H2,(H,18,19)(H,23,24)/b6-3+. The number of rotatable bonds is 6. The van der Waals surface area contributed by atoms with E-state index in [0.29, 0.717) is 18.0 Å². The van der Waals surface area contributed by atoms with E-state index in [-0.39, 0.29) is 11.7 Å². The SMILES string of the molecule is O=C(O)CN1C(=O)C(Cc2ccc(O)cc2)N=C1/C=C/c1cnc[nH]1. The zero-order chi connectivity index (χ0) is 17.8. The van der Waals surface area contributed by atoms with E-state index in [1.165, 1.54) is 18.5 Å². The van der Waals surface area contributed by atoms with Crippen LogP contribution in [0.3, 0.4) is 0 Å². The van der Waals surface area contributed by atoms with Gasteiger partial charge >= 0.3 is 5.97 Å². The number of phenols is 1. The topological polar surface area (TPSA) is 119 Å². The first kappa shape index (κ1) is 16.4. The molecule has 3 rings (SSSR count). The van der Waals surface area contributed by atoms with Crippen LogP contribution in [0.5, 0.6) is 5.75 Å². The Bertz CT molecular complexity index is 825. The van der Waals surface area contributed by atoms with Gasteiger partial charge < -0.3 is 15.2 Å². The monoisotopic (exact) mass is 340 g/mol. The van der Waals surface area contributed by atoms with Crippen LogP contribution in [0.25, 0.3) is 6.08 Å². The molecule has 1 aromatic carbocycles. The van der Waals surface area contributed by atoms with Crippen LogP contribution >= 0.6 is 0 Å². The van der Waals surface area contributed by atoms with Crippen LogP contribution in [-0.2, 0) is 16.0 Å². The molecule has 25 heavy (non-hydrogen) atoms. The highest BCUT2D eigenvalue weighted by Crippen LogP contribution is 2.19. The molecule has 2 heterocycles. The Balaban J connectivity index is 1.81. The summed E-state index contributed by atoms with van der Waals surface area (Å²) in [5.41, 5.74) is 1.54. The quantitative estimate of drug-likeness (QED) is 0.726. The van der Waals surface area contributed by atoms with Crippen molar-refractivity contribution in [2.24, 2.45) is 4.99 Å². The number of hydrogen-bond donors (Lipinski definition) is 3. The van der Waals surface area contributed by atoms with Gasteiger partial charge in [-0.1, -0.05) is 12.1 Å². The molecular weight excluding hydrogens is 324 g/mol. The molecule has 0 bridgehead atoms. The number of aromatic nitrogens is 2. The Kier molecular flexibility index (Phi) is 4.60. The van der Waals surface area contributed by atoms with Crippen molar-refractivity contribution in [3.63, 3.8) is 0 Å². The Hall–Kier alpha value is -3.42. The van der Waals surface area contributed by atoms with Crippen molar-refractivity contribution < 1.29 is 19.8 Å². The molecule has 1 amide bonds. The zero-order valence-corrected chi connectivity index (χ0v) is 13.2. The van der Waals surface area contributed by atoms with Gasteiger partial charge in [0.05, 0.1) is 18.2 Å². The number of aromatic hydroxyl groups is 1. The summed E-state index contributed by atoms with van der Waals surface area (Å²) in [5.74, 6) is -1.03. The smallest absolute Gasteiger partial charge is 0.323 e. The van der Waals surface area contributed by atoms with Crippen molar-refractivity contribution in [1.82, 2.24) is 14.9 Å². The third-order valence-corrected chi connectivity index (χ3v) is 3.71. The Morgan fingerprint density at radius 1 is 1.28 bits per heavy atom. The number of aliphatic carboxylic acids is 1. The van der Waals surface area contributed by atoms with E-state index in [9.17, 15) is 14.7 Å². The van der Waals surface area contributed by atoms with Gasteiger partial charge in [-0.3, -0.25) is 19.5 Å². The minimum absolute atomic E-state index is 0.140. The van der Waals surface area contributed by atoms with E-state index in [4.69, 9.17) is 5.11 Å². The van der Waals surface area contributed by atoms with Crippen LogP contribution in [0, 0.1) is 0 Å². The summed E-state index contributed by atoms with van der Waals surface area (Å²) in [6.07, 6.45) is 6.71. The van der Waals surface area contributed by atoms with Crippen LogP contribution < -0.4 is 0 Å². The summed E-state index contributed by atoms with van der Waals surface area (Å²) in [6.45, 7) is -0.447. The van der Waals surface area contributed by atoms with Gasteiger partial charge in [-0.2, -0.15) is 0 Å². The molecule has 1 aromatic heterocycles. The van der Waals surface area contributed by atoms with E-state index in [1.54, 1.807) is 30.5 Å². The number of nitrogens with zero attached hydrogens (tertiary/aromatic N) is 3. The second kappa shape index (κ2) is 7.00. The summed E-state index contributed by atoms with van der Waals surface area (Å²) >= 11 is 0. The molecule has 0 radical (unpaired) electrons. The van der Waals surface area contributed by atoms with Gasteiger partial charge in [0.25, 0.3) is 5.91 Å².